The zero-order valence-corrected chi connectivity index (χ0v) is 15.5. The number of aromatic nitrogens is 1. The molecule has 1 aromatic carbocycles. The number of hydrogen-bond donors (Lipinski definition) is 2. The number of pyridine rings is 1. The van der Waals surface area contributed by atoms with Gasteiger partial charge < -0.3 is 10.1 Å². The number of carbonyl (C=O) groups is 3. The summed E-state index contributed by atoms with van der Waals surface area (Å²) >= 11 is 0. The fourth-order valence-corrected chi connectivity index (χ4v) is 3.30. The molecule has 1 atom stereocenters. The molecule has 142 valence electrons. The first-order chi connectivity index (χ1) is 13.0. The number of aryl methyl sites for hydroxylation is 1. The van der Waals surface area contributed by atoms with Gasteiger partial charge in [0.1, 0.15) is 0 Å². The molecule has 1 aromatic heterocycles. The van der Waals surface area contributed by atoms with Gasteiger partial charge in [0, 0.05) is 17.6 Å². The summed E-state index contributed by atoms with van der Waals surface area (Å²) in [6.45, 7) is 3.58. The molecule has 27 heavy (non-hydrogen) atoms. The molecule has 3 rings (SSSR count). The number of amides is 3. The second-order valence-electron chi connectivity index (χ2n) is 6.53. The lowest BCUT2D eigenvalue weighted by Crippen LogP contribution is -2.44. The molecule has 0 spiro atoms. The van der Waals surface area contributed by atoms with Crippen LogP contribution < -0.4 is 10.6 Å². The summed E-state index contributed by atoms with van der Waals surface area (Å²) in [5.41, 5.74) is 3.05. The van der Waals surface area contributed by atoms with Gasteiger partial charge in [-0.2, -0.15) is 0 Å². The molecule has 2 N–H and O–H groups in total. The third-order valence-corrected chi connectivity index (χ3v) is 4.60. The van der Waals surface area contributed by atoms with Crippen LogP contribution in [0.4, 0.5) is 4.79 Å². The lowest BCUT2D eigenvalue weighted by molar-refractivity contribution is -0.127. The van der Waals surface area contributed by atoms with E-state index in [0.717, 1.165) is 47.8 Å². The molecule has 1 unspecified atom stereocenters. The number of benzene rings is 1. The van der Waals surface area contributed by atoms with Crippen molar-refractivity contribution in [3.8, 4) is 0 Å². The Kier molecular flexibility index (Phi) is 5.69. The maximum atomic E-state index is 12.9. The summed E-state index contributed by atoms with van der Waals surface area (Å²) in [5, 5.41) is 5.34. The molecule has 0 aliphatic heterocycles. The van der Waals surface area contributed by atoms with E-state index in [1.165, 1.54) is 6.92 Å². The molecule has 1 heterocycles. The van der Waals surface area contributed by atoms with E-state index in [0.29, 0.717) is 12.1 Å². The first-order valence-corrected chi connectivity index (χ1v) is 9.21. The van der Waals surface area contributed by atoms with Crippen molar-refractivity contribution in [3.05, 3.63) is 41.1 Å². The lowest BCUT2D eigenvalue weighted by Gasteiger charge is -2.21. The Morgan fingerprint density at radius 3 is 2.70 bits per heavy atom. The second-order valence-corrected chi connectivity index (χ2v) is 6.53. The monoisotopic (exact) mass is 369 g/mol. The van der Waals surface area contributed by atoms with Crippen LogP contribution >= 0.6 is 0 Å². The Labute approximate surface area is 157 Å². The van der Waals surface area contributed by atoms with Crippen molar-refractivity contribution in [2.45, 2.75) is 45.6 Å². The van der Waals surface area contributed by atoms with Gasteiger partial charge in [-0.15, -0.1) is 0 Å². The summed E-state index contributed by atoms with van der Waals surface area (Å²) in [4.78, 5) is 41.2. The second kappa shape index (κ2) is 8.16. The summed E-state index contributed by atoms with van der Waals surface area (Å²) in [7, 11) is 0. The molecule has 0 fully saturated rings. The molecule has 7 heteroatoms. The summed E-state index contributed by atoms with van der Waals surface area (Å²) in [5.74, 6) is -1.23. The lowest BCUT2D eigenvalue weighted by atomic mass is 9.90. The van der Waals surface area contributed by atoms with Gasteiger partial charge in [0.25, 0.3) is 5.91 Å². The quantitative estimate of drug-likeness (QED) is 0.807. The molecular weight excluding hydrogens is 346 g/mol. The molecule has 0 saturated heterocycles. The van der Waals surface area contributed by atoms with Crippen LogP contribution in [0.1, 0.15) is 48.3 Å². The van der Waals surface area contributed by atoms with Crippen LogP contribution in [0.15, 0.2) is 24.3 Å². The third kappa shape index (κ3) is 4.07. The van der Waals surface area contributed by atoms with Crippen LogP contribution in [0.5, 0.6) is 0 Å². The van der Waals surface area contributed by atoms with E-state index in [9.17, 15) is 14.4 Å². The Hall–Kier alpha value is -2.96. The maximum Gasteiger partial charge on any atom is 0.339 e. The minimum atomic E-state index is -1.09. The van der Waals surface area contributed by atoms with Gasteiger partial charge in [-0.1, -0.05) is 18.2 Å². The highest BCUT2D eigenvalue weighted by Crippen LogP contribution is 2.30. The predicted octanol–water partition coefficient (Wildman–Crippen LogP) is 2.50. The number of rotatable bonds is 4. The topological polar surface area (TPSA) is 97.4 Å². The van der Waals surface area contributed by atoms with Crippen LogP contribution in [0.2, 0.25) is 0 Å². The smallest absolute Gasteiger partial charge is 0.339 e. The molecule has 0 saturated carbocycles. The van der Waals surface area contributed by atoms with Crippen molar-refractivity contribution in [1.29, 1.82) is 0 Å². The van der Waals surface area contributed by atoms with E-state index < -0.39 is 24.0 Å². The standard InChI is InChI=1S/C20H23N3O4/c1-3-21-20(26)23-18(24)12(2)27-19(25)17-13-8-4-6-10-15(13)22-16-11-7-5-9-14(16)17/h4,6,8,10,12H,3,5,7,9,11H2,1-2H3,(H2,21,23,24,26). The third-order valence-electron chi connectivity index (χ3n) is 4.60. The van der Waals surface area contributed by atoms with Gasteiger partial charge in [-0.3, -0.25) is 15.1 Å². The van der Waals surface area contributed by atoms with E-state index in [1.807, 2.05) is 24.3 Å². The Bertz CT molecular complexity index is 894. The number of urea groups is 1. The van der Waals surface area contributed by atoms with E-state index in [4.69, 9.17) is 9.72 Å². The molecule has 7 nitrogen and oxygen atoms in total. The van der Waals surface area contributed by atoms with Crippen LogP contribution in [0.3, 0.4) is 0 Å². The van der Waals surface area contributed by atoms with Crippen molar-refractivity contribution in [1.82, 2.24) is 15.6 Å². The highest BCUT2D eigenvalue weighted by atomic mass is 16.5. The number of ether oxygens (including phenoxy) is 1. The molecular formula is C20H23N3O4. The maximum absolute atomic E-state index is 12.9. The first-order valence-electron chi connectivity index (χ1n) is 9.21. The minimum Gasteiger partial charge on any atom is -0.449 e. The number of fused-ring (bicyclic) bond motifs is 2. The van der Waals surface area contributed by atoms with Crippen molar-refractivity contribution < 1.29 is 19.1 Å². The minimum absolute atomic E-state index is 0.391. The van der Waals surface area contributed by atoms with E-state index >= 15 is 0 Å². The first kappa shape index (κ1) is 18.8. The Balaban J connectivity index is 1.87. The summed E-state index contributed by atoms with van der Waals surface area (Å²) in [6.07, 6.45) is 2.52. The number of hydrogen-bond acceptors (Lipinski definition) is 5. The SMILES string of the molecule is CCNC(=O)NC(=O)C(C)OC(=O)c1c2c(nc3ccccc13)CCCC2. The van der Waals surface area contributed by atoms with Gasteiger partial charge in [0.15, 0.2) is 6.10 Å². The number of nitrogens with one attached hydrogen (secondary N) is 2. The largest absolute Gasteiger partial charge is 0.449 e. The Morgan fingerprint density at radius 2 is 1.93 bits per heavy atom. The Morgan fingerprint density at radius 1 is 1.19 bits per heavy atom. The molecule has 2 aromatic rings. The number of para-hydroxylation sites is 1. The molecule has 0 bridgehead atoms. The van der Waals surface area contributed by atoms with Gasteiger partial charge in [-0.25, -0.2) is 9.59 Å². The molecule has 3 amide bonds. The summed E-state index contributed by atoms with van der Waals surface area (Å²) in [6, 6.07) is 6.82. The van der Waals surface area contributed by atoms with Crippen LogP contribution in [0.25, 0.3) is 10.9 Å². The van der Waals surface area contributed by atoms with Gasteiger partial charge >= 0.3 is 12.0 Å². The predicted molar refractivity (Wildman–Crippen MR) is 100 cm³/mol. The fraction of sp³-hybridized carbons (Fsp3) is 0.400. The number of imide groups is 1. The highest BCUT2D eigenvalue weighted by Gasteiger charge is 2.27. The van der Waals surface area contributed by atoms with Crippen LogP contribution in [-0.2, 0) is 22.4 Å². The van der Waals surface area contributed by atoms with Gasteiger partial charge in [0.05, 0.1) is 11.1 Å². The average molecular weight is 369 g/mol. The normalized spacial score (nSPS) is 14.1. The number of nitrogens with zero attached hydrogens (tertiary/aromatic N) is 1. The number of esters is 1. The number of carbonyl (C=O) groups excluding carboxylic acids is 3. The zero-order valence-electron chi connectivity index (χ0n) is 15.5. The molecule has 0 radical (unpaired) electrons. The average Bonchev–Trinajstić information content (AvgIpc) is 2.65. The van der Waals surface area contributed by atoms with E-state index in [-0.39, 0.29) is 0 Å². The van der Waals surface area contributed by atoms with E-state index in [1.54, 1.807) is 6.92 Å². The van der Waals surface area contributed by atoms with Gasteiger partial charge in [0.2, 0.25) is 0 Å². The van der Waals surface area contributed by atoms with E-state index in [2.05, 4.69) is 10.6 Å². The zero-order chi connectivity index (χ0) is 19.4. The highest BCUT2D eigenvalue weighted by molar-refractivity contribution is 6.06. The van der Waals surface area contributed by atoms with Crippen molar-refractivity contribution in [2.24, 2.45) is 0 Å². The fourth-order valence-electron chi connectivity index (χ4n) is 3.30. The van der Waals surface area contributed by atoms with Gasteiger partial charge in [-0.05, 0) is 51.2 Å². The van der Waals surface area contributed by atoms with Crippen molar-refractivity contribution in [2.75, 3.05) is 6.54 Å². The van der Waals surface area contributed by atoms with Crippen LogP contribution in [-0.4, -0.2) is 35.5 Å². The molecule has 1 aliphatic rings. The summed E-state index contributed by atoms with van der Waals surface area (Å²) < 4.78 is 5.39. The van der Waals surface area contributed by atoms with Crippen molar-refractivity contribution >= 4 is 28.8 Å². The van der Waals surface area contributed by atoms with Crippen LogP contribution in [0, 0.1) is 0 Å². The van der Waals surface area contributed by atoms with Crippen molar-refractivity contribution in [3.63, 3.8) is 0 Å². The molecule has 1 aliphatic carbocycles.